The summed E-state index contributed by atoms with van der Waals surface area (Å²) in [5.74, 6) is 1.30. The van der Waals surface area contributed by atoms with E-state index in [2.05, 4.69) is 42.4 Å². The molecule has 166 valence electrons. The number of ether oxygens (including phenoxy) is 2. The Balaban J connectivity index is 1.54. The second-order valence-corrected chi connectivity index (χ2v) is 9.06. The molecular weight excluding hydrogens is 536 g/mol. The summed E-state index contributed by atoms with van der Waals surface area (Å²) in [5, 5.41) is 4.21. The molecule has 5 nitrogen and oxygen atoms in total. The number of methoxy groups -OCH3 is 1. The van der Waals surface area contributed by atoms with Gasteiger partial charge in [0, 0.05) is 17.7 Å². The van der Waals surface area contributed by atoms with E-state index in [0.717, 1.165) is 42.8 Å². The zero-order valence-electron chi connectivity index (χ0n) is 18.1. The third-order valence-electron chi connectivity index (χ3n) is 4.71. The maximum atomic E-state index is 12.4. The first-order chi connectivity index (χ1) is 15.4. The van der Waals surface area contributed by atoms with E-state index in [0.29, 0.717) is 18.6 Å². The van der Waals surface area contributed by atoms with Crippen molar-refractivity contribution in [2.75, 3.05) is 7.11 Å². The van der Waals surface area contributed by atoms with Gasteiger partial charge in [0.25, 0.3) is 5.91 Å². The number of aryl methyl sites for hydroxylation is 1. The number of nitrogens with one attached hydrogen (secondary N) is 1. The summed E-state index contributed by atoms with van der Waals surface area (Å²) in [6.45, 7) is 4.29. The van der Waals surface area contributed by atoms with E-state index in [9.17, 15) is 4.79 Å². The van der Waals surface area contributed by atoms with Gasteiger partial charge in [-0.2, -0.15) is 5.10 Å². The second-order valence-electron chi connectivity index (χ2n) is 7.36. The number of nitrogens with zero attached hydrogens (tertiary/aromatic N) is 1. The van der Waals surface area contributed by atoms with E-state index in [1.807, 2.05) is 62.4 Å². The summed E-state index contributed by atoms with van der Waals surface area (Å²) in [7, 11) is 1.64. The summed E-state index contributed by atoms with van der Waals surface area (Å²) in [6, 6.07) is 19.1. The molecule has 1 N–H and O–H groups in total. The van der Waals surface area contributed by atoms with Crippen molar-refractivity contribution in [2.24, 2.45) is 5.10 Å². The van der Waals surface area contributed by atoms with E-state index >= 15 is 0 Å². The predicted molar refractivity (Wildman–Crippen MR) is 135 cm³/mol. The van der Waals surface area contributed by atoms with Crippen LogP contribution in [0, 0.1) is 6.92 Å². The number of carbonyl (C=O) groups excluding carboxylic acids is 1. The molecule has 1 amide bonds. The Morgan fingerprint density at radius 3 is 2.16 bits per heavy atom. The summed E-state index contributed by atoms with van der Waals surface area (Å²) in [5.41, 5.74) is 7.15. The normalized spacial score (nSPS) is 11.2. The minimum Gasteiger partial charge on any atom is -0.497 e. The van der Waals surface area contributed by atoms with E-state index in [1.54, 1.807) is 19.2 Å². The first-order valence-corrected chi connectivity index (χ1v) is 11.6. The minimum absolute atomic E-state index is 0.254. The number of halogens is 2. The Labute approximate surface area is 205 Å². The maximum absolute atomic E-state index is 12.4. The average Bonchev–Trinajstić information content (AvgIpc) is 2.77. The lowest BCUT2D eigenvalue weighted by Crippen LogP contribution is -2.19. The Kier molecular flexibility index (Phi) is 8.47. The first-order valence-electron chi connectivity index (χ1n) is 9.99. The maximum Gasteiger partial charge on any atom is 0.271 e. The fourth-order valence-electron chi connectivity index (χ4n) is 3.02. The molecule has 3 aromatic carbocycles. The van der Waals surface area contributed by atoms with Gasteiger partial charge in [0.1, 0.15) is 18.1 Å². The molecule has 0 aliphatic rings. The number of hydrazone groups is 1. The molecule has 0 radical (unpaired) electrons. The van der Waals surface area contributed by atoms with Crippen LogP contribution in [0.25, 0.3) is 0 Å². The lowest BCUT2D eigenvalue weighted by atomic mass is 10.1. The standard InChI is InChI=1S/C25H24Br2N2O3/c1-16-12-22(26)24(23(27)13-16)32-15-19-4-8-20(9-5-19)25(30)29-28-17(2)14-18-6-10-21(31-3)11-7-18/h4-13H,14-15H2,1-3H3,(H,29,30)/b28-17+. The van der Waals surface area contributed by atoms with Crippen LogP contribution in [0.4, 0.5) is 0 Å². The molecule has 7 heteroatoms. The summed E-state index contributed by atoms with van der Waals surface area (Å²) in [4.78, 5) is 12.4. The van der Waals surface area contributed by atoms with Crippen LogP contribution in [0.1, 0.15) is 34.0 Å². The molecule has 0 heterocycles. The van der Waals surface area contributed by atoms with Crippen LogP contribution in [-0.4, -0.2) is 18.7 Å². The van der Waals surface area contributed by atoms with Crippen LogP contribution in [0.2, 0.25) is 0 Å². The highest BCUT2D eigenvalue weighted by Crippen LogP contribution is 2.35. The van der Waals surface area contributed by atoms with Crippen molar-refractivity contribution in [3.05, 3.63) is 91.9 Å². The quantitative estimate of drug-likeness (QED) is 0.254. The highest BCUT2D eigenvalue weighted by molar-refractivity contribution is 9.11. The summed E-state index contributed by atoms with van der Waals surface area (Å²) in [6.07, 6.45) is 0.644. The fourth-order valence-corrected chi connectivity index (χ4v) is 4.67. The van der Waals surface area contributed by atoms with E-state index in [-0.39, 0.29) is 5.91 Å². The van der Waals surface area contributed by atoms with Gasteiger partial charge in [0.05, 0.1) is 16.1 Å². The van der Waals surface area contributed by atoms with Gasteiger partial charge in [0.15, 0.2) is 0 Å². The van der Waals surface area contributed by atoms with Gasteiger partial charge >= 0.3 is 0 Å². The first kappa shape index (κ1) is 24.0. The fraction of sp³-hybridized carbons (Fsp3) is 0.200. The van der Waals surface area contributed by atoms with Crippen molar-refractivity contribution in [1.29, 1.82) is 0 Å². The lowest BCUT2D eigenvalue weighted by molar-refractivity contribution is 0.0954. The zero-order valence-corrected chi connectivity index (χ0v) is 21.3. The average molecular weight is 560 g/mol. The van der Waals surface area contributed by atoms with Gasteiger partial charge in [-0.1, -0.05) is 24.3 Å². The van der Waals surface area contributed by atoms with Gasteiger partial charge in [-0.15, -0.1) is 0 Å². The predicted octanol–water partition coefficient (Wildman–Crippen LogP) is 6.46. The van der Waals surface area contributed by atoms with E-state index in [4.69, 9.17) is 9.47 Å². The topological polar surface area (TPSA) is 59.9 Å². The van der Waals surface area contributed by atoms with Crippen molar-refractivity contribution in [3.8, 4) is 11.5 Å². The summed E-state index contributed by atoms with van der Waals surface area (Å²) < 4.78 is 12.9. The van der Waals surface area contributed by atoms with Gasteiger partial charge in [-0.05, 0) is 98.8 Å². The summed E-state index contributed by atoms with van der Waals surface area (Å²) >= 11 is 7.06. The Morgan fingerprint density at radius 1 is 0.969 bits per heavy atom. The molecule has 0 saturated heterocycles. The molecule has 0 aromatic heterocycles. The van der Waals surface area contributed by atoms with Gasteiger partial charge in [-0.25, -0.2) is 5.43 Å². The highest BCUT2D eigenvalue weighted by atomic mass is 79.9. The van der Waals surface area contributed by atoms with Crippen LogP contribution in [0.5, 0.6) is 11.5 Å². The van der Waals surface area contributed by atoms with Crippen molar-refractivity contribution < 1.29 is 14.3 Å². The van der Waals surface area contributed by atoms with Crippen LogP contribution in [0.3, 0.4) is 0 Å². The molecule has 0 fully saturated rings. The number of rotatable bonds is 8. The largest absolute Gasteiger partial charge is 0.497 e. The smallest absolute Gasteiger partial charge is 0.271 e. The van der Waals surface area contributed by atoms with Gasteiger partial charge in [0.2, 0.25) is 0 Å². The molecule has 0 unspecified atom stereocenters. The Bertz CT molecular complexity index is 1090. The highest BCUT2D eigenvalue weighted by Gasteiger charge is 2.09. The monoisotopic (exact) mass is 558 g/mol. The van der Waals surface area contributed by atoms with E-state index < -0.39 is 0 Å². The van der Waals surface area contributed by atoms with Gasteiger partial charge in [-0.3, -0.25) is 4.79 Å². The van der Waals surface area contributed by atoms with Gasteiger partial charge < -0.3 is 9.47 Å². The number of benzene rings is 3. The molecule has 0 spiro atoms. The minimum atomic E-state index is -0.254. The number of carbonyl (C=O) groups is 1. The van der Waals surface area contributed by atoms with Crippen LogP contribution in [-0.2, 0) is 13.0 Å². The molecule has 0 saturated carbocycles. The van der Waals surface area contributed by atoms with Crippen molar-refractivity contribution >= 4 is 43.5 Å². The van der Waals surface area contributed by atoms with Crippen LogP contribution >= 0.6 is 31.9 Å². The second kappa shape index (κ2) is 11.3. The van der Waals surface area contributed by atoms with Crippen molar-refractivity contribution in [1.82, 2.24) is 5.43 Å². The number of hydrogen-bond donors (Lipinski definition) is 1. The number of hydrogen-bond acceptors (Lipinski definition) is 4. The van der Waals surface area contributed by atoms with Crippen LogP contribution < -0.4 is 14.9 Å². The Hall–Kier alpha value is -2.64. The molecule has 0 atom stereocenters. The molecule has 0 bridgehead atoms. The molecule has 0 aliphatic carbocycles. The lowest BCUT2D eigenvalue weighted by Gasteiger charge is -2.11. The molecule has 3 aromatic rings. The van der Waals surface area contributed by atoms with Crippen molar-refractivity contribution in [2.45, 2.75) is 26.9 Å². The molecule has 0 aliphatic heterocycles. The third kappa shape index (κ3) is 6.68. The zero-order chi connectivity index (χ0) is 23.1. The van der Waals surface area contributed by atoms with E-state index in [1.165, 1.54) is 0 Å². The Morgan fingerprint density at radius 2 is 1.56 bits per heavy atom. The third-order valence-corrected chi connectivity index (χ3v) is 5.89. The number of amides is 1. The SMILES string of the molecule is COc1ccc(C/C(C)=N/NC(=O)c2ccc(COc3c(Br)cc(C)cc3Br)cc2)cc1. The van der Waals surface area contributed by atoms with Crippen molar-refractivity contribution in [3.63, 3.8) is 0 Å². The molecule has 32 heavy (non-hydrogen) atoms. The molecule has 3 rings (SSSR count). The van der Waals surface area contributed by atoms with Crippen LogP contribution in [0.15, 0.2) is 74.7 Å². The molecular formula is C25H24Br2N2O3.